The molecular formula is C12H17F2NO3. The number of carbonyl (C=O) groups excluding carboxylic acids is 2. The van der Waals surface area contributed by atoms with Crippen LogP contribution >= 0.6 is 0 Å². The third-order valence-electron chi connectivity index (χ3n) is 3.02. The van der Waals surface area contributed by atoms with Gasteiger partial charge in [0.05, 0.1) is 0 Å². The minimum Gasteiger partial charge on any atom is -0.438 e. The van der Waals surface area contributed by atoms with E-state index in [-0.39, 0.29) is 30.8 Å². The molecule has 0 saturated heterocycles. The highest BCUT2D eigenvalue weighted by Gasteiger charge is 2.41. The Labute approximate surface area is 104 Å². The molecule has 6 heteroatoms. The Morgan fingerprint density at radius 2 is 2.17 bits per heavy atom. The van der Waals surface area contributed by atoms with E-state index in [1.165, 1.54) is 6.92 Å². The lowest BCUT2D eigenvalue weighted by Gasteiger charge is -2.19. The number of ketones is 1. The molecule has 2 N–H and O–H groups in total. The van der Waals surface area contributed by atoms with Crippen LogP contribution in [0.25, 0.3) is 0 Å². The average molecular weight is 261 g/mol. The van der Waals surface area contributed by atoms with E-state index in [2.05, 4.69) is 11.3 Å². The van der Waals surface area contributed by atoms with Crippen LogP contribution in [0.3, 0.4) is 0 Å². The zero-order valence-corrected chi connectivity index (χ0v) is 10.2. The molecular weight excluding hydrogens is 244 g/mol. The third kappa shape index (κ3) is 4.09. The highest BCUT2D eigenvalue weighted by atomic mass is 19.3. The first-order chi connectivity index (χ1) is 8.21. The maximum Gasteiger partial charge on any atom is 0.405 e. The van der Waals surface area contributed by atoms with E-state index in [9.17, 15) is 18.4 Å². The fourth-order valence-electron chi connectivity index (χ4n) is 2.17. The van der Waals surface area contributed by atoms with Crippen molar-refractivity contribution in [3.63, 3.8) is 0 Å². The fraction of sp³-hybridized carbons (Fsp3) is 0.667. The van der Waals surface area contributed by atoms with Gasteiger partial charge in [0, 0.05) is 12.8 Å². The molecule has 0 aromatic heterocycles. The fourth-order valence-corrected chi connectivity index (χ4v) is 2.17. The average Bonchev–Trinajstić information content (AvgIpc) is 2.55. The topological polar surface area (TPSA) is 69.4 Å². The first-order valence-electron chi connectivity index (χ1n) is 5.75. The monoisotopic (exact) mass is 261 g/mol. The molecule has 0 spiro atoms. The molecule has 0 bridgehead atoms. The summed E-state index contributed by atoms with van der Waals surface area (Å²) >= 11 is 0. The minimum atomic E-state index is -2.69. The van der Waals surface area contributed by atoms with E-state index in [0.717, 1.165) is 0 Å². The molecule has 1 amide bonds. The van der Waals surface area contributed by atoms with Gasteiger partial charge in [-0.1, -0.05) is 6.58 Å². The van der Waals surface area contributed by atoms with E-state index >= 15 is 0 Å². The van der Waals surface area contributed by atoms with E-state index in [1.807, 2.05) is 0 Å². The largest absolute Gasteiger partial charge is 0.438 e. The first-order valence-corrected chi connectivity index (χ1v) is 5.75. The summed E-state index contributed by atoms with van der Waals surface area (Å²) in [6.07, 6.45) is -2.27. The maximum absolute atomic E-state index is 13.0. The van der Waals surface area contributed by atoms with Crippen molar-refractivity contribution in [2.24, 2.45) is 11.7 Å². The van der Waals surface area contributed by atoms with Crippen molar-refractivity contribution in [1.29, 1.82) is 0 Å². The lowest BCUT2D eigenvalue weighted by atomic mass is 9.95. The van der Waals surface area contributed by atoms with Gasteiger partial charge < -0.3 is 10.5 Å². The summed E-state index contributed by atoms with van der Waals surface area (Å²) < 4.78 is 30.8. The van der Waals surface area contributed by atoms with E-state index in [0.29, 0.717) is 6.42 Å². The maximum atomic E-state index is 13.0. The molecule has 1 fully saturated rings. The zero-order valence-electron chi connectivity index (χ0n) is 10.2. The Balaban J connectivity index is 2.65. The SMILES string of the molecule is C=C(C)C(=O)C(CC1CCC(F)(F)C1)OC(N)=O. The molecule has 0 aromatic rings. The zero-order chi connectivity index (χ0) is 13.9. The molecule has 2 unspecified atom stereocenters. The Kier molecular flexibility index (Phi) is 4.43. The summed E-state index contributed by atoms with van der Waals surface area (Å²) in [7, 11) is 0. The third-order valence-corrected chi connectivity index (χ3v) is 3.02. The van der Waals surface area contributed by atoms with Gasteiger partial charge in [-0.15, -0.1) is 0 Å². The van der Waals surface area contributed by atoms with Crippen molar-refractivity contribution >= 4 is 11.9 Å². The molecule has 0 aromatic carbocycles. The van der Waals surface area contributed by atoms with Crippen LogP contribution in [0.4, 0.5) is 13.6 Å². The van der Waals surface area contributed by atoms with Gasteiger partial charge in [0.1, 0.15) is 0 Å². The molecule has 4 nitrogen and oxygen atoms in total. The van der Waals surface area contributed by atoms with Crippen LogP contribution in [-0.2, 0) is 9.53 Å². The van der Waals surface area contributed by atoms with Crippen LogP contribution in [0.5, 0.6) is 0 Å². The van der Waals surface area contributed by atoms with Gasteiger partial charge in [0.2, 0.25) is 5.92 Å². The van der Waals surface area contributed by atoms with Crippen molar-refractivity contribution in [3.8, 4) is 0 Å². The smallest absolute Gasteiger partial charge is 0.405 e. The minimum absolute atomic E-state index is 0.0736. The molecule has 102 valence electrons. The number of alkyl halides is 2. The summed E-state index contributed by atoms with van der Waals surface area (Å²) in [6.45, 7) is 4.93. The molecule has 1 rings (SSSR count). The lowest BCUT2D eigenvalue weighted by molar-refractivity contribution is -0.124. The lowest BCUT2D eigenvalue weighted by Crippen LogP contribution is -2.32. The number of Topliss-reactive ketones (excluding diaryl/α,β-unsaturated/α-hetero) is 1. The molecule has 0 heterocycles. The van der Waals surface area contributed by atoms with Crippen molar-refractivity contribution in [2.45, 2.75) is 44.6 Å². The normalized spacial score (nSPS) is 23.4. The molecule has 1 aliphatic rings. The molecule has 18 heavy (non-hydrogen) atoms. The van der Waals surface area contributed by atoms with Crippen LogP contribution in [0.15, 0.2) is 12.2 Å². The van der Waals surface area contributed by atoms with Gasteiger partial charge in [-0.3, -0.25) is 4.79 Å². The van der Waals surface area contributed by atoms with Gasteiger partial charge in [0.25, 0.3) is 0 Å². The Hall–Kier alpha value is -1.46. The van der Waals surface area contributed by atoms with Crippen LogP contribution in [0, 0.1) is 5.92 Å². The van der Waals surface area contributed by atoms with Gasteiger partial charge in [-0.2, -0.15) is 0 Å². The molecule has 1 aliphatic carbocycles. The second kappa shape index (κ2) is 5.46. The quantitative estimate of drug-likeness (QED) is 0.773. The number of nitrogens with two attached hydrogens (primary N) is 1. The summed E-state index contributed by atoms with van der Waals surface area (Å²) in [5, 5.41) is 0. The summed E-state index contributed by atoms with van der Waals surface area (Å²) in [5.74, 6) is -3.49. The summed E-state index contributed by atoms with van der Waals surface area (Å²) in [6, 6.07) is 0. The predicted molar refractivity (Wildman–Crippen MR) is 61.2 cm³/mol. The first kappa shape index (κ1) is 14.6. The molecule has 0 radical (unpaired) electrons. The number of primary amides is 1. The number of hydrogen-bond donors (Lipinski definition) is 1. The van der Waals surface area contributed by atoms with Crippen molar-refractivity contribution in [2.75, 3.05) is 0 Å². The van der Waals surface area contributed by atoms with Crippen LogP contribution < -0.4 is 5.73 Å². The summed E-state index contributed by atoms with van der Waals surface area (Å²) in [4.78, 5) is 22.4. The second-order valence-electron chi connectivity index (χ2n) is 4.77. The van der Waals surface area contributed by atoms with Gasteiger partial charge >= 0.3 is 6.09 Å². The number of amides is 1. The number of carbonyl (C=O) groups is 2. The van der Waals surface area contributed by atoms with E-state index in [4.69, 9.17) is 5.73 Å². The number of hydrogen-bond acceptors (Lipinski definition) is 3. The van der Waals surface area contributed by atoms with E-state index in [1.54, 1.807) is 0 Å². The van der Waals surface area contributed by atoms with Crippen LogP contribution in [0.2, 0.25) is 0 Å². The van der Waals surface area contributed by atoms with Crippen LogP contribution in [-0.4, -0.2) is 23.9 Å². The van der Waals surface area contributed by atoms with Gasteiger partial charge in [-0.05, 0) is 31.3 Å². The number of ether oxygens (including phenoxy) is 1. The van der Waals surface area contributed by atoms with Gasteiger partial charge in [0.15, 0.2) is 11.9 Å². The highest BCUT2D eigenvalue weighted by Crippen LogP contribution is 2.41. The molecule has 1 saturated carbocycles. The summed E-state index contributed by atoms with van der Waals surface area (Å²) in [5.41, 5.74) is 5.08. The predicted octanol–water partition coefficient (Wildman–Crippen LogP) is 2.42. The highest BCUT2D eigenvalue weighted by molar-refractivity contribution is 5.98. The molecule has 2 atom stereocenters. The Bertz CT molecular complexity index is 368. The van der Waals surface area contributed by atoms with Crippen molar-refractivity contribution < 1.29 is 23.1 Å². The molecule has 0 aliphatic heterocycles. The Morgan fingerprint density at radius 1 is 1.56 bits per heavy atom. The van der Waals surface area contributed by atoms with Crippen molar-refractivity contribution in [3.05, 3.63) is 12.2 Å². The van der Waals surface area contributed by atoms with Gasteiger partial charge in [-0.25, -0.2) is 13.6 Å². The number of rotatable bonds is 5. The van der Waals surface area contributed by atoms with Crippen LogP contribution in [0.1, 0.15) is 32.6 Å². The second-order valence-corrected chi connectivity index (χ2v) is 4.77. The number of halogens is 2. The van der Waals surface area contributed by atoms with Crippen molar-refractivity contribution in [1.82, 2.24) is 0 Å². The standard InChI is InChI=1S/C12H17F2NO3/c1-7(2)10(16)9(18-11(15)17)5-8-3-4-12(13,14)6-8/h8-9H,1,3-6H2,2H3,(H2,15,17). The Morgan fingerprint density at radius 3 is 2.56 bits per heavy atom. The van der Waals surface area contributed by atoms with E-state index < -0.39 is 23.9 Å².